The van der Waals surface area contributed by atoms with Crippen molar-refractivity contribution in [3.63, 3.8) is 0 Å². The first-order chi connectivity index (χ1) is 12.1. The van der Waals surface area contributed by atoms with Gasteiger partial charge in [0.2, 0.25) is 0 Å². The summed E-state index contributed by atoms with van der Waals surface area (Å²) < 4.78 is 15.5. The number of rotatable bonds is 3. The van der Waals surface area contributed by atoms with Crippen molar-refractivity contribution < 1.29 is 4.39 Å². The van der Waals surface area contributed by atoms with E-state index >= 15 is 0 Å². The molecule has 3 aromatic rings. The van der Waals surface area contributed by atoms with Gasteiger partial charge in [0.15, 0.2) is 5.16 Å². The summed E-state index contributed by atoms with van der Waals surface area (Å²) >= 11 is 2.91. The van der Waals surface area contributed by atoms with E-state index in [-0.39, 0.29) is 11.4 Å². The van der Waals surface area contributed by atoms with Crippen LogP contribution in [-0.2, 0) is 25.6 Å². The number of halogens is 1. The molecule has 0 aliphatic heterocycles. The minimum Gasteiger partial charge on any atom is -0.290 e. The molecule has 126 valence electrons. The first-order valence-electron chi connectivity index (χ1n) is 7.91. The summed E-state index contributed by atoms with van der Waals surface area (Å²) in [6, 6.07) is 6.31. The third kappa shape index (κ3) is 2.75. The lowest BCUT2D eigenvalue weighted by molar-refractivity contribution is 0.617. The number of thioether (sulfide) groups is 1. The van der Waals surface area contributed by atoms with Gasteiger partial charge in [-0.25, -0.2) is 9.37 Å². The van der Waals surface area contributed by atoms with E-state index in [1.165, 1.54) is 28.8 Å². The quantitative estimate of drug-likeness (QED) is 0.519. The molecule has 0 fully saturated rings. The predicted molar refractivity (Wildman–Crippen MR) is 97.6 cm³/mol. The average molecular weight is 371 g/mol. The molecular formula is C18H14FN3OS2. The van der Waals surface area contributed by atoms with Crippen molar-refractivity contribution in [1.29, 1.82) is 5.26 Å². The standard InChI is InChI=1S/C18H14FN3OS2/c1-22-17(23)15-12-3-2-4-14(12)25-16(15)21-18(22)24-9-11-7-10(8-20)5-6-13(11)19/h5-7H,2-4,9H2,1H3. The van der Waals surface area contributed by atoms with Gasteiger partial charge in [-0.1, -0.05) is 11.8 Å². The molecular weight excluding hydrogens is 357 g/mol. The van der Waals surface area contributed by atoms with Gasteiger partial charge in [-0.3, -0.25) is 9.36 Å². The zero-order valence-corrected chi connectivity index (χ0v) is 15.1. The van der Waals surface area contributed by atoms with E-state index in [1.807, 2.05) is 6.07 Å². The van der Waals surface area contributed by atoms with E-state index in [0.717, 1.165) is 35.0 Å². The fourth-order valence-corrected chi connectivity index (χ4v) is 5.38. The Hall–Kier alpha value is -2.17. The topological polar surface area (TPSA) is 58.7 Å². The summed E-state index contributed by atoms with van der Waals surface area (Å²) in [4.78, 5) is 19.4. The highest BCUT2D eigenvalue weighted by molar-refractivity contribution is 7.98. The summed E-state index contributed by atoms with van der Waals surface area (Å²) in [7, 11) is 1.71. The number of nitriles is 1. The number of aryl methyl sites for hydroxylation is 2. The Bertz CT molecular complexity index is 1090. The maximum atomic E-state index is 13.9. The number of fused-ring (bicyclic) bond motifs is 3. The van der Waals surface area contributed by atoms with Crippen molar-refractivity contribution in [3.05, 3.63) is 55.9 Å². The number of benzene rings is 1. The van der Waals surface area contributed by atoms with Crippen LogP contribution in [-0.4, -0.2) is 9.55 Å². The zero-order chi connectivity index (χ0) is 17.6. The summed E-state index contributed by atoms with van der Waals surface area (Å²) in [5.41, 5.74) is 1.99. The number of hydrogen-bond acceptors (Lipinski definition) is 5. The van der Waals surface area contributed by atoms with Gasteiger partial charge in [0.1, 0.15) is 10.6 Å². The van der Waals surface area contributed by atoms with E-state index in [4.69, 9.17) is 5.26 Å². The van der Waals surface area contributed by atoms with E-state index in [2.05, 4.69) is 4.98 Å². The molecule has 0 unspecified atom stereocenters. The molecule has 2 aromatic heterocycles. The van der Waals surface area contributed by atoms with E-state index in [1.54, 1.807) is 29.0 Å². The van der Waals surface area contributed by atoms with Crippen LogP contribution in [0.2, 0.25) is 0 Å². The van der Waals surface area contributed by atoms with Crippen molar-refractivity contribution in [2.75, 3.05) is 0 Å². The van der Waals surface area contributed by atoms with Crippen LogP contribution in [0.5, 0.6) is 0 Å². The van der Waals surface area contributed by atoms with Crippen molar-refractivity contribution in [2.24, 2.45) is 7.05 Å². The molecule has 1 aromatic carbocycles. The Kier molecular flexibility index (Phi) is 4.10. The lowest BCUT2D eigenvalue weighted by Crippen LogP contribution is -2.20. The van der Waals surface area contributed by atoms with Crippen LogP contribution in [0.1, 0.15) is 28.0 Å². The van der Waals surface area contributed by atoms with Crippen molar-refractivity contribution in [2.45, 2.75) is 30.2 Å². The number of hydrogen-bond donors (Lipinski definition) is 0. The third-order valence-corrected chi connectivity index (χ3v) is 6.70. The molecule has 0 N–H and O–H groups in total. The lowest BCUT2D eigenvalue weighted by atomic mass is 10.1. The van der Waals surface area contributed by atoms with Crippen LogP contribution in [0.15, 0.2) is 28.2 Å². The number of aromatic nitrogens is 2. The van der Waals surface area contributed by atoms with Crippen molar-refractivity contribution in [1.82, 2.24) is 9.55 Å². The monoisotopic (exact) mass is 371 g/mol. The van der Waals surface area contributed by atoms with Crippen LogP contribution in [0, 0.1) is 17.1 Å². The molecule has 0 amide bonds. The number of nitrogens with zero attached hydrogens (tertiary/aromatic N) is 3. The normalized spacial score (nSPS) is 13.2. The van der Waals surface area contributed by atoms with Crippen molar-refractivity contribution in [3.8, 4) is 6.07 Å². The van der Waals surface area contributed by atoms with Crippen LogP contribution in [0.25, 0.3) is 10.2 Å². The highest BCUT2D eigenvalue weighted by Crippen LogP contribution is 2.35. The fraction of sp³-hybridized carbons (Fsp3) is 0.278. The van der Waals surface area contributed by atoms with E-state index in [9.17, 15) is 9.18 Å². The SMILES string of the molecule is Cn1c(SCc2cc(C#N)ccc2F)nc2sc3c(c2c1=O)CCC3. The van der Waals surface area contributed by atoms with Gasteiger partial charge in [-0.2, -0.15) is 5.26 Å². The van der Waals surface area contributed by atoms with Crippen molar-refractivity contribution >= 4 is 33.3 Å². The Morgan fingerprint density at radius 3 is 3.08 bits per heavy atom. The zero-order valence-electron chi connectivity index (χ0n) is 13.5. The minimum atomic E-state index is -0.354. The molecule has 2 heterocycles. The largest absolute Gasteiger partial charge is 0.290 e. The molecule has 0 atom stereocenters. The summed E-state index contributed by atoms with van der Waals surface area (Å²) in [6.07, 6.45) is 3.07. The molecule has 0 spiro atoms. The Morgan fingerprint density at radius 1 is 1.44 bits per heavy atom. The smallest absolute Gasteiger partial charge is 0.262 e. The Balaban J connectivity index is 1.70. The summed E-state index contributed by atoms with van der Waals surface area (Å²) in [5.74, 6) is -0.0363. The molecule has 25 heavy (non-hydrogen) atoms. The summed E-state index contributed by atoms with van der Waals surface area (Å²) in [5, 5.41) is 10.3. The second kappa shape index (κ2) is 6.28. The molecule has 4 nitrogen and oxygen atoms in total. The second-order valence-corrected chi connectivity index (χ2v) is 8.03. The maximum absolute atomic E-state index is 13.9. The average Bonchev–Trinajstić information content (AvgIpc) is 3.18. The van der Waals surface area contributed by atoms with E-state index in [0.29, 0.717) is 22.0 Å². The Labute approximate surface area is 151 Å². The van der Waals surface area contributed by atoms with Gasteiger partial charge in [0, 0.05) is 17.7 Å². The first kappa shape index (κ1) is 16.3. The Morgan fingerprint density at radius 2 is 2.28 bits per heavy atom. The van der Waals surface area contributed by atoms with Gasteiger partial charge in [0.05, 0.1) is 17.0 Å². The molecule has 1 aliphatic carbocycles. The van der Waals surface area contributed by atoms with E-state index < -0.39 is 0 Å². The predicted octanol–water partition coefficient (Wildman–Crippen LogP) is 3.79. The van der Waals surface area contributed by atoms with Crippen LogP contribution >= 0.6 is 23.1 Å². The maximum Gasteiger partial charge on any atom is 0.262 e. The highest BCUT2D eigenvalue weighted by atomic mass is 32.2. The van der Waals surface area contributed by atoms with Gasteiger partial charge in [-0.15, -0.1) is 11.3 Å². The third-order valence-electron chi connectivity index (χ3n) is 4.44. The molecule has 4 rings (SSSR count). The van der Waals surface area contributed by atoms with Crippen LogP contribution in [0.4, 0.5) is 4.39 Å². The summed E-state index contributed by atoms with van der Waals surface area (Å²) in [6.45, 7) is 0. The van der Waals surface area contributed by atoms with Gasteiger partial charge < -0.3 is 0 Å². The first-order valence-corrected chi connectivity index (χ1v) is 9.71. The van der Waals surface area contributed by atoms with Crippen LogP contribution < -0.4 is 5.56 Å². The molecule has 0 bridgehead atoms. The fourth-order valence-electron chi connectivity index (χ4n) is 3.13. The van der Waals surface area contributed by atoms with Crippen LogP contribution in [0.3, 0.4) is 0 Å². The minimum absolute atomic E-state index is 0.0295. The molecule has 0 saturated carbocycles. The molecule has 1 aliphatic rings. The molecule has 0 radical (unpaired) electrons. The van der Waals surface area contributed by atoms with Gasteiger partial charge in [0.25, 0.3) is 5.56 Å². The van der Waals surface area contributed by atoms with Gasteiger partial charge in [-0.05, 0) is 48.6 Å². The highest BCUT2D eigenvalue weighted by Gasteiger charge is 2.22. The molecule has 7 heteroatoms. The lowest BCUT2D eigenvalue weighted by Gasteiger charge is -2.08. The van der Waals surface area contributed by atoms with Gasteiger partial charge >= 0.3 is 0 Å². The molecule has 0 saturated heterocycles. The number of thiophene rings is 1. The second-order valence-electron chi connectivity index (χ2n) is 6.00.